The standard InChI is InChI=1S/C20H23N5OS/c1-14-8-9-16(13-15(14)2)21-18(26)17-7-6-12-25(17)20-23-22-19(27-20)24-10-4-3-5-11-24/h6-9,12-13H,3-5,10-11H2,1-2H3,(H,21,26). The lowest BCUT2D eigenvalue weighted by Gasteiger charge is -2.25. The summed E-state index contributed by atoms with van der Waals surface area (Å²) < 4.78 is 1.81. The normalized spacial score (nSPS) is 14.4. The van der Waals surface area contributed by atoms with Gasteiger partial charge in [0.1, 0.15) is 5.69 Å². The van der Waals surface area contributed by atoms with Crippen molar-refractivity contribution in [3.05, 3.63) is 53.3 Å². The van der Waals surface area contributed by atoms with Crippen LogP contribution in [-0.4, -0.2) is 33.8 Å². The smallest absolute Gasteiger partial charge is 0.272 e. The maximum Gasteiger partial charge on any atom is 0.272 e. The number of benzene rings is 1. The molecule has 7 heteroatoms. The minimum Gasteiger partial charge on any atom is -0.347 e. The first-order chi connectivity index (χ1) is 13.1. The number of piperidine rings is 1. The molecule has 0 saturated carbocycles. The Hall–Kier alpha value is -2.67. The van der Waals surface area contributed by atoms with Gasteiger partial charge in [-0.3, -0.25) is 9.36 Å². The van der Waals surface area contributed by atoms with Gasteiger partial charge in [-0.05, 0) is 68.5 Å². The molecule has 3 heterocycles. The van der Waals surface area contributed by atoms with E-state index in [2.05, 4.69) is 27.3 Å². The summed E-state index contributed by atoms with van der Waals surface area (Å²) in [6.07, 6.45) is 5.53. The molecule has 1 amide bonds. The summed E-state index contributed by atoms with van der Waals surface area (Å²) in [6.45, 7) is 6.15. The Morgan fingerprint density at radius 1 is 1.04 bits per heavy atom. The van der Waals surface area contributed by atoms with Crippen molar-refractivity contribution in [2.75, 3.05) is 23.3 Å². The zero-order valence-corrected chi connectivity index (χ0v) is 16.4. The molecule has 0 unspecified atom stereocenters. The lowest BCUT2D eigenvalue weighted by atomic mass is 10.1. The van der Waals surface area contributed by atoms with E-state index < -0.39 is 0 Å². The summed E-state index contributed by atoms with van der Waals surface area (Å²) in [4.78, 5) is 15.1. The van der Waals surface area contributed by atoms with Gasteiger partial charge in [-0.1, -0.05) is 17.4 Å². The van der Waals surface area contributed by atoms with E-state index in [1.807, 2.05) is 42.0 Å². The third kappa shape index (κ3) is 3.73. The fourth-order valence-electron chi connectivity index (χ4n) is 3.27. The SMILES string of the molecule is Cc1ccc(NC(=O)c2cccn2-c2nnc(N3CCCCC3)s2)cc1C. The molecule has 3 aromatic rings. The molecule has 1 aliphatic rings. The summed E-state index contributed by atoms with van der Waals surface area (Å²) in [5.74, 6) is -0.155. The highest BCUT2D eigenvalue weighted by molar-refractivity contribution is 7.17. The van der Waals surface area contributed by atoms with Crippen LogP contribution in [0.3, 0.4) is 0 Å². The number of carbonyl (C=O) groups is 1. The number of hydrogen-bond donors (Lipinski definition) is 1. The van der Waals surface area contributed by atoms with E-state index in [0.29, 0.717) is 10.8 Å². The molecule has 4 rings (SSSR count). The Kier molecular flexibility index (Phi) is 4.94. The average molecular weight is 382 g/mol. The highest BCUT2D eigenvalue weighted by Gasteiger charge is 2.19. The van der Waals surface area contributed by atoms with Gasteiger partial charge in [0, 0.05) is 25.0 Å². The Morgan fingerprint density at radius 3 is 2.59 bits per heavy atom. The summed E-state index contributed by atoms with van der Waals surface area (Å²) in [5, 5.41) is 13.3. The van der Waals surface area contributed by atoms with Gasteiger partial charge in [0.25, 0.3) is 5.91 Å². The predicted molar refractivity (Wildman–Crippen MR) is 109 cm³/mol. The fraction of sp³-hybridized carbons (Fsp3) is 0.350. The van der Waals surface area contributed by atoms with E-state index in [1.165, 1.54) is 36.2 Å². The summed E-state index contributed by atoms with van der Waals surface area (Å²) in [6, 6.07) is 9.59. The number of aryl methyl sites for hydroxylation is 2. The molecule has 0 spiro atoms. The van der Waals surface area contributed by atoms with Crippen LogP contribution >= 0.6 is 11.3 Å². The lowest BCUT2D eigenvalue weighted by molar-refractivity contribution is 0.102. The van der Waals surface area contributed by atoms with Gasteiger partial charge in [0.05, 0.1) is 0 Å². The van der Waals surface area contributed by atoms with Crippen molar-refractivity contribution in [1.29, 1.82) is 0 Å². The highest BCUT2D eigenvalue weighted by atomic mass is 32.1. The first kappa shape index (κ1) is 17.7. The van der Waals surface area contributed by atoms with E-state index in [9.17, 15) is 4.79 Å². The molecular formula is C20H23N5OS. The van der Waals surface area contributed by atoms with Gasteiger partial charge < -0.3 is 10.2 Å². The van der Waals surface area contributed by atoms with Gasteiger partial charge in [0.15, 0.2) is 0 Å². The second-order valence-corrected chi connectivity index (χ2v) is 7.87. The molecule has 2 aromatic heterocycles. The largest absolute Gasteiger partial charge is 0.347 e. The second-order valence-electron chi connectivity index (χ2n) is 6.93. The van der Waals surface area contributed by atoms with E-state index in [4.69, 9.17) is 0 Å². The number of aromatic nitrogens is 3. The number of nitrogens with one attached hydrogen (secondary N) is 1. The molecule has 6 nitrogen and oxygen atoms in total. The number of rotatable bonds is 4. The van der Waals surface area contributed by atoms with Crippen molar-refractivity contribution < 1.29 is 4.79 Å². The van der Waals surface area contributed by atoms with E-state index >= 15 is 0 Å². The molecule has 1 saturated heterocycles. The predicted octanol–water partition coefficient (Wildman–Crippen LogP) is 4.19. The van der Waals surface area contributed by atoms with Crippen molar-refractivity contribution in [3.8, 4) is 5.13 Å². The zero-order valence-electron chi connectivity index (χ0n) is 15.6. The van der Waals surface area contributed by atoms with Gasteiger partial charge >= 0.3 is 0 Å². The average Bonchev–Trinajstić information content (AvgIpc) is 3.34. The number of carbonyl (C=O) groups excluding carboxylic acids is 1. The van der Waals surface area contributed by atoms with Crippen LogP contribution in [0.5, 0.6) is 0 Å². The Labute approximate surface area is 162 Å². The molecule has 1 fully saturated rings. The Morgan fingerprint density at radius 2 is 1.81 bits per heavy atom. The van der Waals surface area contributed by atoms with Gasteiger partial charge in [-0.2, -0.15) is 0 Å². The molecule has 1 aromatic carbocycles. The van der Waals surface area contributed by atoms with Crippen LogP contribution in [0, 0.1) is 13.8 Å². The van der Waals surface area contributed by atoms with Gasteiger partial charge in [-0.15, -0.1) is 10.2 Å². The number of amides is 1. The van der Waals surface area contributed by atoms with Crippen LogP contribution in [0.4, 0.5) is 10.8 Å². The van der Waals surface area contributed by atoms with Crippen LogP contribution in [-0.2, 0) is 0 Å². The molecule has 0 aliphatic carbocycles. The van der Waals surface area contributed by atoms with Crippen molar-refractivity contribution in [3.63, 3.8) is 0 Å². The number of hydrogen-bond acceptors (Lipinski definition) is 5. The third-order valence-electron chi connectivity index (χ3n) is 4.98. The van der Waals surface area contributed by atoms with Crippen LogP contribution in [0.2, 0.25) is 0 Å². The van der Waals surface area contributed by atoms with Gasteiger partial charge in [0.2, 0.25) is 10.3 Å². The van der Waals surface area contributed by atoms with Crippen LogP contribution in [0.1, 0.15) is 40.9 Å². The lowest BCUT2D eigenvalue weighted by Crippen LogP contribution is -2.29. The minimum atomic E-state index is -0.155. The first-order valence-electron chi connectivity index (χ1n) is 9.26. The van der Waals surface area contributed by atoms with Crippen LogP contribution in [0.25, 0.3) is 5.13 Å². The molecule has 140 valence electrons. The number of anilines is 2. The van der Waals surface area contributed by atoms with E-state index in [1.54, 1.807) is 6.07 Å². The van der Waals surface area contributed by atoms with Crippen molar-refractivity contribution in [2.45, 2.75) is 33.1 Å². The molecule has 27 heavy (non-hydrogen) atoms. The molecule has 0 bridgehead atoms. The van der Waals surface area contributed by atoms with Crippen molar-refractivity contribution >= 4 is 28.1 Å². The monoisotopic (exact) mass is 381 g/mol. The van der Waals surface area contributed by atoms with Crippen molar-refractivity contribution in [2.24, 2.45) is 0 Å². The highest BCUT2D eigenvalue weighted by Crippen LogP contribution is 2.27. The Balaban J connectivity index is 1.54. The molecule has 1 N–H and O–H groups in total. The summed E-state index contributed by atoms with van der Waals surface area (Å²) in [5.41, 5.74) is 3.70. The second kappa shape index (κ2) is 7.52. The summed E-state index contributed by atoms with van der Waals surface area (Å²) >= 11 is 1.53. The van der Waals surface area contributed by atoms with Crippen molar-refractivity contribution in [1.82, 2.24) is 14.8 Å². The quantitative estimate of drug-likeness (QED) is 0.736. The minimum absolute atomic E-state index is 0.155. The molecule has 0 atom stereocenters. The zero-order chi connectivity index (χ0) is 18.8. The van der Waals surface area contributed by atoms with Gasteiger partial charge in [-0.25, -0.2) is 0 Å². The molecular weight excluding hydrogens is 358 g/mol. The maximum absolute atomic E-state index is 12.8. The molecule has 0 radical (unpaired) electrons. The summed E-state index contributed by atoms with van der Waals surface area (Å²) in [7, 11) is 0. The molecule has 1 aliphatic heterocycles. The van der Waals surface area contributed by atoms with E-state index in [-0.39, 0.29) is 5.91 Å². The fourth-order valence-corrected chi connectivity index (χ4v) is 4.16. The van der Waals surface area contributed by atoms with Crippen LogP contribution < -0.4 is 10.2 Å². The first-order valence-corrected chi connectivity index (χ1v) is 10.1. The maximum atomic E-state index is 12.8. The topological polar surface area (TPSA) is 63.1 Å². The Bertz CT molecular complexity index is 955. The van der Waals surface area contributed by atoms with Crippen LogP contribution in [0.15, 0.2) is 36.5 Å². The number of nitrogens with zero attached hydrogens (tertiary/aromatic N) is 4. The van der Waals surface area contributed by atoms with E-state index in [0.717, 1.165) is 29.5 Å². The third-order valence-corrected chi connectivity index (χ3v) is 5.97.